The quantitative estimate of drug-likeness (QED) is 0.316. The molecule has 2 heterocycles. The van der Waals surface area contributed by atoms with Crippen LogP contribution in [0, 0.1) is 0 Å². The van der Waals surface area contributed by atoms with Gasteiger partial charge in [0.15, 0.2) is 17.3 Å². The molecular formula is C19H12F10N4O3. The van der Waals surface area contributed by atoms with E-state index >= 15 is 0 Å². The van der Waals surface area contributed by atoms with Gasteiger partial charge in [0, 0.05) is 18.8 Å². The van der Waals surface area contributed by atoms with Gasteiger partial charge in [-0.25, -0.2) is 14.2 Å². The SMILES string of the molecule is COC(=O)c1cc(-c2cnn(-c3c(OC(F)F)c(C(F)(F)C(F)(F)F)nn3C)c2)ccc1C(F)(F)F. The molecule has 7 nitrogen and oxygen atoms in total. The molecule has 3 rings (SSSR count). The molecule has 0 saturated heterocycles. The van der Waals surface area contributed by atoms with Crippen LogP contribution in [0.2, 0.25) is 0 Å². The molecule has 196 valence electrons. The van der Waals surface area contributed by atoms with Crippen molar-refractivity contribution >= 4 is 5.97 Å². The lowest BCUT2D eigenvalue weighted by Crippen LogP contribution is -2.34. The number of ether oxygens (including phenoxy) is 2. The van der Waals surface area contributed by atoms with Gasteiger partial charge in [0.1, 0.15) is 0 Å². The van der Waals surface area contributed by atoms with Crippen molar-refractivity contribution in [3.05, 3.63) is 47.4 Å². The number of benzene rings is 1. The van der Waals surface area contributed by atoms with Gasteiger partial charge < -0.3 is 9.47 Å². The molecule has 0 bridgehead atoms. The molecule has 17 heteroatoms. The molecule has 3 aromatic rings. The van der Waals surface area contributed by atoms with Crippen molar-refractivity contribution in [1.29, 1.82) is 0 Å². The van der Waals surface area contributed by atoms with Crippen molar-refractivity contribution in [3.8, 4) is 22.7 Å². The van der Waals surface area contributed by atoms with Gasteiger partial charge in [-0.15, -0.1) is 0 Å². The third kappa shape index (κ3) is 4.81. The second-order valence-electron chi connectivity index (χ2n) is 7.00. The number of esters is 1. The predicted molar refractivity (Wildman–Crippen MR) is 98.7 cm³/mol. The van der Waals surface area contributed by atoms with E-state index in [1.807, 2.05) is 0 Å². The fourth-order valence-corrected chi connectivity index (χ4v) is 3.12. The first-order valence-electron chi connectivity index (χ1n) is 9.30. The summed E-state index contributed by atoms with van der Waals surface area (Å²) < 4.78 is 141. The minimum Gasteiger partial charge on any atom is -0.465 e. The Balaban J connectivity index is 2.16. The van der Waals surface area contributed by atoms with Gasteiger partial charge in [0.25, 0.3) is 0 Å². The summed E-state index contributed by atoms with van der Waals surface area (Å²) in [6.07, 6.45) is -9.32. The van der Waals surface area contributed by atoms with E-state index < -0.39 is 59.2 Å². The van der Waals surface area contributed by atoms with Crippen LogP contribution in [0.25, 0.3) is 16.9 Å². The van der Waals surface area contributed by atoms with Crippen molar-refractivity contribution in [2.75, 3.05) is 7.11 Å². The highest BCUT2D eigenvalue weighted by Gasteiger charge is 2.62. The van der Waals surface area contributed by atoms with Crippen LogP contribution in [0.15, 0.2) is 30.6 Å². The Kier molecular flexibility index (Phi) is 6.71. The lowest BCUT2D eigenvalue weighted by Gasteiger charge is -2.18. The standard InChI is InChI=1S/C19H12F10N4O3/c1-32-14(12(36-16(20)21)13(31-32)17(22,23)19(27,28)29)33-7-9(6-30-33)8-3-4-11(18(24,25)26)10(5-8)15(34)35-2/h3-7,16H,1-2H3. The van der Waals surface area contributed by atoms with Crippen molar-refractivity contribution < 1.29 is 58.2 Å². The number of aryl methyl sites for hydroxylation is 1. The average Bonchev–Trinajstić information content (AvgIpc) is 3.35. The lowest BCUT2D eigenvalue weighted by molar-refractivity contribution is -0.291. The third-order valence-electron chi connectivity index (χ3n) is 4.70. The number of halogens is 10. The van der Waals surface area contributed by atoms with Crippen molar-refractivity contribution in [2.24, 2.45) is 7.05 Å². The van der Waals surface area contributed by atoms with E-state index in [4.69, 9.17) is 0 Å². The summed E-state index contributed by atoms with van der Waals surface area (Å²) in [6, 6.07) is 2.25. The van der Waals surface area contributed by atoms with E-state index in [0.717, 1.165) is 38.7 Å². The van der Waals surface area contributed by atoms with Gasteiger partial charge in [-0.1, -0.05) is 6.07 Å². The zero-order valence-corrected chi connectivity index (χ0v) is 17.8. The highest BCUT2D eigenvalue weighted by atomic mass is 19.4. The number of carbonyl (C=O) groups is 1. The fraction of sp³-hybridized carbons (Fsp3) is 0.316. The van der Waals surface area contributed by atoms with Crippen LogP contribution in [0.4, 0.5) is 43.9 Å². The van der Waals surface area contributed by atoms with Gasteiger partial charge in [-0.05, 0) is 17.7 Å². The number of hydrogen-bond acceptors (Lipinski definition) is 5. The second-order valence-corrected chi connectivity index (χ2v) is 7.00. The van der Waals surface area contributed by atoms with E-state index in [9.17, 15) is 48.7 Å². The number of aromatic nitrogens is 4. The van der Waals surface area contributed by atoms with Crippen LogP contribution in [0.3, 0.4) is 0 Å². The van der Waals surface area contributed by atoms with Crippen molar-refractivity contribution in [2.45, 2.75) is 24.9 Å². The Morgan fingerprint density at radius 2 is 1.67 bits per heavy atom. The summed E-state index contributed by atoms with van der Waals surface area (Å²) in [7, 11) is 1.69. The Hall–Kier alpha value is -3.79. The Labute approximate surface area is 193 Å². The largest absolute Gasteiger partial charge is 0.465 e. The monoisotopic (exact) mass is 534 g/mol. The first kappa shape index (κ1) is 26.8. The minimum absolute atomic E-state index is 0.0813. The summed E-state index contributed by atoms with van der Waals surface area (Å²) in [5.41, 5.74) is -4.54. The molecule has 0 atom stereocenters. The molecule has 0 spiro atoms. The molecule has 0 N–H and O–H groups in total. The Morgan fingerprint density at radius 3 is 2.19 bits per heavy atom. The van der Waals surface area contributed by atoms with Crippen LogP contribution in [-0.4, -0.2) is 45.4 Å². The molecule has 0 aliphatic rings. The van der Waals surface area contributed by atoms with Crippen LogP contribution in [-0.2, 0) is 23.9 Å². The van der Waals surface area contributed by atoms with Gasteiger partial charge in [0.05, 0.1) is 24.4 Å². The Morgan fingerprint density at radius 1 is 1.03 bits per heavy atom. The summed E-state index contributed by atoms with van der Waals surface area (Å²) in [4.78, 5) is 11.9. The van der Waals surface area contributed by atoms with E-state index in [1.165, 1.54) is 0 Å². The number of hydrogen-bond donors (Lipinski definition) is 0. The maximum atomic E-state index is 13.9. The molecule has 0 fully saturated rings. The molecule has 0 amide bonds. The molecule has 36 heavy (non-hydrogen) atoms. The zero-order valence-electron chi connectivity index (χ0n) is 17.8. The first-order chi connectivity index (χ1) is 16.5. The van der Waals surface area contributed by atoms with E-state index in [2.05, 4.69) is 19.7 Å². The molecule has 0 saturated carbocycles. The number of alkyl halides is 10. The van der Waals surface area contributed by atoms with Crippen molar-refractivity contribution in [1.82, 2.24) is 19.6 Å². The smallest absolute Gasteiger partial charge is 0.459 e. The summed E-state index contributed by atoms with van der Waals surface area (Å²) >= 11 is 0. The number of carbonyl (C=O) groups excluding carboxylic acids is 1. The van der Waals surface area contributed by atoms with E-state index in [-0.39, 0.29) is 11.1 Å². The highest BCUT2D eigenvalue weighted by Crippen LogP contribution is 2.48. The third-order valence-corrected chi connectivity index (χ3v) is 4.70. The molecule has 1 aromatic carbocycles. The van der Waals surface area contributed by atoms with Gasteiger partial charge in [0.2, 0.25) is 0 Å². The van der Waals surface area contributed by atoms with Gasteiger partial charge >= 0.3 is 30.9 Å². The summed E-state index contributed by atoms with van der Waals surface area (Å²) in [5.74, 6) is -9.53. The normalized spacial score (nSPS) is 12.8. The zero-order chi connectivity index (χ0) is 27.2. The maximum Gasteiger partial charge on any atom is 0.459 e. The predicted octanol–water partition coefficient (Wildman–Crippen LogP) is 5.33. The molecule has 2 aromatic heterocycles. The fourth-order valence-electron chi connectivity index (χ4n) is 3.12. The van der Waals surface area contributed by atoms with Crippen LogP contribution < -0.4 is 4.74 Å². The van der Waals surface area contributed by atoms with Crippen LogP contribution >= 0.6 is 0 Å². The molecular weight excluding hydrogens is 522 g/mol. The highest BCUT2D eigenvalue weighted by molar-refractivity contribution is 5.93. The van der Waals surface area contributed by atoms with Crippen LogP contribution in [0.5, 0.6) is 5.75 Å². The number of nitrogens with zero attached hydrogens (tertiary/aromatic N) is 4. The average molecular weight is 534 g/mol. The molecule has 0 unspecified atom stereocenters. The first-order valence-corrected chi connectivity index (χ1v) is 9.30. The molecule has 0 aliphatic carbocycles. The number of methoxy groups -OCH3 is 1. The molecule has 0 radical (unpaired) electrons. The topological polar surface area (TPSA) is 71.2 Å². The lowest BCUT2D eigenvalue weighted by atomic mass is 10.0. The van der Waals surface area contributed by atoms with Gasteiger partial charge in [-0.3, -0.25) is 0 Å². The maximum absolute atomic E-state index is 13.9. The summed E-state index contributed by atoms with van der Waals surface area (Å²) in [5, 5.41) is 6.67. The van der Waals surface area contributed by atoms with E-state index in [0.29, 0.717) is 15.4 Å². The molecule has 0 aliphatic heterocycles. The summed E-state index contributed by atoms with van der Waals surface area (Å²) in [6.45, 7) is -3.83. The number of rotatable bonds is 6. The second kappa shape index (κ2) is 9.02. The minimum atomic E-state index is -6.21. The van der Waals surface area contributed by atoms with Crippen molar-refractivity contribution in [3.63, 3.8) is 0 Å². The Bertz CT molecular complexity index is 1280. The van der Waals surface area contributed by atoms with Gasteiger partial charge in [-0.2, -0.15) is 54.1 Å². The van der Waals surface area contributed by atoms with Crippen LogP contribution in [0.1, 0.15) is 21.6 Å². The van der Waals surface area contributed by atoms with E-state index in [1.54, 1.807) is 0 Å².